The molecule has 35 heavy (non-hydrogen) atoms. The first kappa shape index (κ1) is 23.0. The van der Waals surface area contributed by atoms with Crippen LogP contribution in [0.3, 0.4) is 0 Å². The number of imidazole rings is 1. The summed E-state index contributed by atoms with van der Waals surface area (Å²) in [6.45, 7) is 0.407. The number of para-hydroxylation sites is 2. The Morgan fingerprint density at radius 1 is 1.31 bits per heavy atom. The topological polar surface area (TPSA) is 98.3 Å². The molecule has 8 heteroatoms. The molecular weight excluding hydrogens is 555 g/mol. The average Bonchev–Trinajstić information content (AvgIpc) is 3.24. The van der Waals surface area contributed by atoms with Crippen molar-refractivity contribution in [3.8, 4) is 5.75 Å². The lowest BCUT2D eigenvalue weighted by molar-refractivity contribution is -0.127. The van der Waals surface area contributed by atoms with Crippen LogP contribution in [0.2, 0.25) is 0 Å². The number of phenols is 1. The first-order chi connectivity index (χ1) is 16.9. The molecule has 1 amide bonds. The molecule has 2 unspecified atom stereocenters. The van der Waals surface area contributed by atoms with Crippen molar-refractivity contribution in [2.45, 2.75) is 54.0 Å². The van der Waals surface area contributed by atoms with Crippen LogP contribution in [0.25, 0.3) is 11.0 Å². The van der Waals surface area contributed by atoms with E-state index in [9.17, 15) is 14.7 Å². The van der Waals surface area contributed by atoms with Crippen molar-refractivity contribution in [1.82, 2.24) is 20.2 Å². The Hall–Kier alpha value is -2.46. The highest BCUT2D eigenvalue weighted by Crippen LogP contribution is 2.59. The fourth-order valence-corrected chi connectivity index (χ4v) is 8.03. The largest absolute Gasteiger partial charge is 0.507 e. The molecule has 182 valence electrons. The molecule has 7 nitrogen and oxygen atoms in total. The molecule has 3 aliphatic rings. The van der Waals surface area contributed by atoms with Gasteiger partial charge in [-0.2, -0.15) is 0 Å². The summed E-state index contributed by atoms with van der Waals surface area (Å²) in [7, 11) is 2.18. The number of alkyl halides is 1. The van der Waals surface area contributed by atoms with Gasteiger partial charge in [0.2, 0.25) is 0 Å². The lowest BCUT2D eigenvalue weighted by atomic mass is 9.52. The van der Waals surface area contributed by atoms with Gasteiger partial charge in [0.15, 0.2) is 0 Å². The van der Waals surface area contributed by atoms with E-state index in [1.54, 1.807) is 6.07 Å². The number of piperidine rings is 1. The van der Waals surface area contributed by atoms with Crippen molar-refractivity contribution >= 4 is 45.3 Å². The SMILES string of the molecule is CN1C(I)C[C@]23CC(=O)CCC2[C@H]1Cc1ccc(C(=O)NCCc2nc4ccccc4[nH]2)c(O)c13. The summed E-state index contributed by atoms with van der Waals surface area (Å²) in [5.74, 6) is 1.17. The van der Waals surface area contributed by atoms with E-state index in [-0.39, 0.29) is 26.9 Å². The van der Waals surface area contributed by atoms with E-state index >= 15 is 0 Å². The predicted octanol–water partition coefficient (Wildman–Crippen LogP) is 3.87. The highest BCUT2D eigenvalue weighted by Gasteiger charge is 2.58. The molecule has 0 radical (unpaired) electrons. The molecule has 1 aromatic heterocycles. The summed E-state index contributed by atoms with van der Waals surface area (Å²) in [6, 6.07) is 11.9. The number of hydrogen-bond acceptors (Lipinski definition) is 5. The minimum Gasteiger partial charge on any atom is -0.507 e. The number of nitrogens with zero attached hydrogens (tertiary/aromatic N) is 2. The number of H-pyrrole nitrogens is 1. The fourth-order valence-electron chi connectivity index (χ4n) is 6.83. The number of likely N-dealkylation sites (N-methyl/N-ethyl adjacent to an activating group) is 1. The van der Waals surface area contributed by atoms with Crippen LogP contribution in [0.4, 0.5) is 0 Å². The number of aromatic nitrogens is 2. The van der Waals surface area contributed by atoms with Gasteiger partial charge in [-0.15, -0.1) is 0 Å². The van der Waals surface area contributed by atoms with Crippen LogP contribution >= 0.6 is 22.6 Å². The van der Waals surface area contributed by atoms with Crippen molar-refractivity contribution < 1.29 is 14.7 Å². The molecule has 1 saturated heterocycles. The van der Waals surface area contributed by atoms with E-state index in [4.69, 9.17) is 0 Å². The normalized spacial score (nSPS) is 27.9. The maximum atomic E-state index is 13.1. The van der Waals surface area contributed by atoms with Crippen LogP contribution in [0.1, 0.15) is 53.0 Å². The molecule has 2 aromatic carbocycles. The van der Waals surface area contributed by atoms with Gasteiger partial charge in [-0.25, -0.2) is 4.98 Å². The number of benzene rings is 2. The smallest absolute Gasteiger partial charge is 0.255 e. The number of carbonyl (C=O) groups is 2. The van der Waals surface area contributed by atoms with Crippen molar-refractivity contribution in [2.75, 3.05) is 13.6 Å². The number of likely N-dealkylation sites (tertiary alicyclic amines) is 1. The molecule has 6 rings (SSSR count). The van der Waals surface area contributed by atoms with E-state index in [2.05, 4.69) is 49.8 Å². The number of fused-ring (bicyclic) bond motifs is 2. The first-order valence-corrected chi connectivity index (χ1v) is 13.6. The van der Waals surface area contributed by atoms with Gasteiger partial charge >= 0.3 is 0 Å². The van der Waals surface area contributed by atoms with Crippen LogP contribution in [0, 0.1) is 5.92 Å². The number of rotatable bonds is 4. The summed E-state index contributed by atoms with van der Waals surface area (Å²) < 4.78 is 0.286. The van der Waals surface area contributed by atoms with Gasteiger partial charge in [0.1, 0.15) is 17.4 Å². The molecule has 2 fully saturated rings. The second-order valence-electron chi connectivity index (χ2n) is 10.3. The number of hydrogen-bond donors (Lipinski definition) is 3. The molecule has 4 atom stereocenters. The monoisotopic (exact) mass is 584 g/mol. The van der Waals surface area contributed by atoms with E-state index in [0.717, 1.165) is 47.2 Å². The highest BCUT2D eigenvalue weighted by molar-refractivity contribution is 14.1. The molecule has 2 aliphatic carbocycles. The van der Waals surface area contributed by atoms with Crippen LogP contribution in [0.5, 0.6) is 5.75 Å². The van der Waals surface area contributed by atoms with Gasteiger partial charge in [-0.05, 0) is 56.0 Å². The van der Waals surface area contributed by atoms with E-state index < -0.39 is 0 Å². The Bertz CT molecular complexity index is 1300. The van der Waals surface area contributed by atoms with Crippen LogP contribution in [-0.2, 0) is 23.1 Å². The van der Waals surface area contributed by atoms with Gasteiger partial charge < -0.3 is 15.4 Å². The quantitative estimate of drug-likeness (QED) is 0.246. The minimum absolute atomic E-state index is 0.0649. The third-order valence-corrected chi connectivity index (χ3v) is 9.76. The Kier molecular flexibility index (Phi) is 5.63. The molecule has 3 N–H and O–H groups in total. The molecule has 2 bridgehead atoms. The molecule has 3 aromatic rings. The van der Waals surface area contributed by atoms with Crippen molar-refractivity contribution in [2.24, 2.45) is 5.92 Å². The summed E-state index contributed by atoms with van der Waals surface area (Å²) >= 11 is 2.47. The van der Waals surface area contributed by atoms with Gasteiger partial charge in [0.25, 0.3) is 5.91 Å². The van der Waals surface area contributed by atoms with E-state index in [0.29, 0.717) is 43.3 Å². The highest BCUT2D eigenvalue weighted by atomic mass is 127. The molecule has 1 saturated carbocycles. The summed E-state index contributed by atoms with van der Waals surface area (Å²) in [5.41, 5.74) is 3.71. The number of Topliss-reactive ketones (excluding diaryl/α,β-unsaturated/α-hetero) is 1. The second kappa shape index (κ2) is 8.58. The number of amides is 1. The Balaban J connectivity index is 1.27. The number of halogens is 1. The Morgan fingerprint density at radius 2 is 2.14 bits per heavy atom. The first-order valence-electron chi connectivity index (χ1n) is 12.3. The maximum Gasteiger partial charge on any atom is 0.255 e. The maximum absolute atomic E-state index is 13.1. The van der Waals surface area contributed by atoms with Crippen LogP contribution < -0.4 is 5.32 Å². The van der Waals surface area contributed by atoms with Gasteiger partial charge in [-0.1, -0.05) is 40.8 Å². The molecule has 1 aliphatic heterocycles. The standard InChI is InChI=1S/C27H29IN4O3/c1-32-21-12-15-6-8-17(26(35)29-11-10-23-30-19-4-2-3-5-20(19)31-23)25(34)24(15)27(14-22(32)28)13-16(33)7-9-18(21)27/h2-6,8,18,21-22,34H,7,9-14H2,1H3,(H,29,35)(H,30,31)/t18?,21-,22?,27-/m1/s1. The van der Waals surface area contributed by atoms with Gasteiger partial charge in [0, 0.05) is 42.8 Å². The number of nitrogens with one attached hydrogen (secondary N) is 2. The summed E-state index contributed by atoms with van der Waals surface area (Å²) in [5, 5.41) is 14.4. The summed E-state index contributed by atoms with van der Waals surface area (Å²) in [4.78, 5) is 36.1. The Morgan fingerprint density at radius 3 is 2.97 bits per heavy atom. The average molecular weight is 584 g/mol. The third kappa shape index (κ3) is 3.67. The fraction of sp³-hybridized carbons (Fsp3) is 0.444. The van der Waals surface area contributed by atoms with E-state index in [1.165, 1.54) is 0 Å². The van der Waals surface area contributed by atoms with Gasteiger partial charge in [0.05, 0.1) is 20.6 Å². The Labute approximate surface area is 217 Å². The number of carbonyl (C=O) groups excluding carboxylic acids is 2. The molecular formula is C27H29IN4O3. The molecule has 0 spiro atoms. The zero-order chi connectivity index (χ0) is 24.3. The van der Waals surface area contributed by atoms with Crippen LogP contribution in [0.15, 0.2) is 36.4 Å². The zero-order valence-electron chi connectivity index (χ0n) is 19.7. The third-order valence-electron chi connectivity index (χ3n) is 8.44. The minimum atomic E-state index is -0.388. The van der Waals surface area contributed by atoms with E-state index in [1.807, 2.05) is 30.3 Å². The number of ketones is 1. The van der Waals surface area contributed by atoms with Crippen molar-refractivity contribution in [1.29, 1.82) is 0 Å². The van der Waals surface area contributed by atoms with Crippen molar-refractivity contribution in [3.05, 3.63) is 58.9 Å². The zero-order valence-corrected chi connectivity index (χ0v) is 21.8. The predicted molar refractivity (Wildman–Crippen MR) is 142 cm³/mol. The lowest BCUT2D eigenvalue weighted by Gasteiger charge is -2.59. The van der Waals surface area contributed by atoms with Crippen molar-refractivity contribution in [3.63, 3.8) is 0 Å². The second-order valence-corrected chi connectivity index (χ2v) is 11.7. The number of aromatic hydroxyl groups is 1. The van der Waals surface area contributed by atoms with Crippen LogP contribution in [-0.4, -0.2) is 55.3 Å². The lowest BCUT2D eigenvalue weighted by Crippen LogP contribution is -2.62. The molecule has 2 heterocycles. The number of aromatic amines is 1. The number of phenolic OH excluding ortho intramolecular Hbond substituents is 1. The summed E-state index contributed by atoms with van der Waals surface area (Å²) in [6.07, 6.45) is 4.14. The van der Waals surface area contributed by atoms with Gasteiger partial charge in [-0.3, -0.25) is 14.5 Å².